The minimum absolute atomic E-state index is 0.386. The first-order valence-corrected chi connectivity index (χ1v) is 7.86. The predicted octanol–water partition coefficient (Wildman–Crippen LogP) is 3.21. The van der Waals surface area contributed by atoms with Crippen molar-refractivity contribution in [1.29, 1.82) is 0 Å². The molecule has 0 bridgehead atoms. The van der Waals surface area contributed by atoms with Crippen LogP contribution in [-0.2, 0) is 0 Å². The molecule has 1 saturated heterocycles. The summed E-state index contributed by atoms with van der Waals surface area (Å²) in [5.41, 5.74) is 7.35. The Morgan fingerprint density at radius 3 is 2.75 bits per heavy atom. The van der Waals surface area contributed by atoms with E-state index < -0.39 is 0 Å². The largest absolute Gasteiger partial charge is 0.494 e. The summed E-state index contributed by atoms with van der Waals surface area (Å²) in [6, 6.07) is 9.37. The quantitative estimate of drug-likeness (QED) is 0.897. The highest BCUT2D eigenvalue weighted by atomic mass is 16.5. The summed E-state index contributed by atoms with van der Waals surface area (Å²) in [4.78, 5) is 2.58. The van der Waals surface area contributed by atoms with E-state index in [1.807, 2.05) is 6.92 Å². The maximum absolute atomic E-state index is 6.05. The van der Waals surface area contributed by atoms with Crippen molar-refractivity contribution in [3.05, 3.63) is 29.8 Å². The molecule has 1 aromatic carbocycles. The second-order valence-corrected chi connectivity index (χ2v) is 5.89. The monoisotopic (exact) mass is 276 g/mol. The van der Waals surface area contributed by atoms with Crippen molar-refractivity contribution in [1.82, 2.24) is 4.90 Å². The number of benzene rings is 1. The fraction of sp³-hybridized carbons (Fsp3) is 0.647. The fourth-order valence-electron chi connectivity index (χ4n) is 3.37. The molecular weight excluding hydrogens is 248 g/mol. The van der Waals surface area contributed by atoms with E-state index in [1.165, 1.54) is 18.4 Å². The van der Waals surface area contributed by atoms with Crippen LogP contribution >= 0.6 is 0 Å². The van der Waals surface area contributed by atoms with Crippen molar-refractivity contribution < 1.29 is 4.74 Å². The average molecular weight is 276 g/mol. The molecule has 2 atom stereocenters. The van der Waals surface area contributed by atoms with E-state index in [0.29, 0.717) is 24.6 Å². The van der Waals surface area contributed by atoms with Gasteiger partial charge in [0.05, 0.1) is 6.61 Å². The van der Waals surface area contributed by atoms with Gasteiger partial charge in [0.2, 0.25) is 0 Å². The summed E-state index contributed by atoms with van der Waals surface area (Å²) in [6.45, 7) is 9.19. The van der Waals surface area contributed by atoms with Crippen LogP contribution in [0.25, 0.3) is 0 Å². The van der Waals surface area contributed by atoms with Crippen LogP contribution < -0.4 is 10.5 Å². The van der Waals surface area contributed by atoms with Crippen LogP contribution in [0.15, 0.2) is 24.3 Å². The molecule has 0 radical (unpaired) electrons. The van der Waals surface area contributed by atoms with Crippen LogP contribution in [0.2, 0.25) is 0 Å². The van der Waals surface area contributed by atoms with E-state index in [4.69, 9.17) is 10.5 Å². The van der Waals surface area contributed by atoms with Crippen LogP contribution in [0.4, 0.5) is 0 Å². The van der Waals surface area contributed by atoms with Gasteiger partial charge in [-0.25, -0.2) is 0 Å². The number of likely N-dealkylation sites (tertiary alicyclic amines) is 1. The average Bonchev–Trinajstić information content (AvgIpc) is 2.47. The first-order valence-electron chi connectivity index (χ1n) is 7.86. The highest BCUT2D eigenvalue weighted by Gasteiger charge is 2.34. The molecule has 0 spiro atoms. The zero-order valence-corrected chi connectivity index (χ0v) is 13.0. The number of piperidine rings is 1. The minimum Gasteiger partial charge on any atom is -0.494 e. The maximum atomic E-state index is 6.05. The molecule has 1 aromatic rings. The van der Waals surface area contributed by atoms with E-state index in [0.717, 1.165) is 18.8 Å². The van der Waals surface area contributed by atoms with E-state index in [9.17, 15) is 0 Å². The molecule has 112 valence electrons. The normalized spacial score (nSPS) is 24.1. The van der Waals surface area contributed by atoms with Gasteiger partial charge < -0.3 is 10.5 Å². The van der Waals surface area contributed by atoms with Gasteiger partial charge in [0.25, 0.3) is 0 Å². The van der Waals surface area contributed by atoms with Gasteiger partial charge in [-0.2, -0.15) is 0 Å². The summed E-state index contributed by atoms with van der Waals surface area (Å²) >= 11 is 0. The second kappa shape index (κ2) is 7.09. The van der Waals surface area contributed by atoms with Crippen molar-refractivity contribution in [2.24, 2.45) is 11.7 Å². The Kier molecular flexibility index (Phi) is 5.44. The molecule has 0 aromatic heterocycles. The molecule has 2 N–H and O–H groups in total. The lowest BCUT2D eigenvalue weighted by atomic mass is 9.83. The van der Waals surface area contributed by atoms with Gasteiger partial charge in [0.15, 0.2) is 0 Å². The molecule has 2 unspecified atom stereocenters. The van der Waals surface area contributed by atoms with Gasteiger partial charge in [0, 0.05) is 17.6 Å². The Bertz CT molecular complexity index is 419. The van der Waals surface area contributed by atoms with Crippen molar-refractivity contribution >= 4 is 0 Å². The molecule has 0 amide bonds. The molecule has 1 fully saturated rings. The number of hydrogen-bond acceptors (Lipinski definition) is 3. The number of hydrogen-bond donors (Lipinski definition) is 1. The molecular formula is C17H28N2O. The summed E-state index contributed by atoms with van der Waals surface area (Å²) in [5, 5.41) is 0. The van der Waals surface area contributed by atoms with Gasteiger partial charge in [-0.3, -0.25) is 4.90 Å². The third-order valence-electron chi connectivity index (χ3n) is 4.30. The number of nitrogens with two attached hydrogens (primary N) is 1. The summed E-state index contributed by atoms with van der Waals surface area (Å²) < 4.78 is 5.84. The molecule has 3 nitrogen and oxygen atoms in total. The highest BCUT2D eigenvalue weighted by molar-refractivity contribution is 5.37. The first-order chi connectivity index (χ1) is 9.69. The van der Waals surface area contributed by atoms with Crippen molar-refractivity contribution in [3.8, 4) is 5.75 Å². The van der Waals surface area contributed by atoms with Crippen molar-refractivity contribution in [2.75, 3.05) is 19.7 Å². The lowest BCUT2D eigenvalue weighted by molar-refractivity contribution is 0.0645. The third-order valence-corrected chi connectivity index (χ3v) is 4.30. The summed E-state index contributed by atoms with van der Waals surface area (Å²) in [7, 11) is 0. The Morgan fingerprint density at radius 2 is 2.10 bits per heavy atom. The predicted molar refractivity (Wildman–Crippen MR) is 84.0 cm³/mol. The lowest BCUT2D eigenvalue weighted by Gasteiger charge is -2.44. The Balaban J connectivity index is 2.38. The lowest BCUT2D eigenvalue weighted by Crippen LogP contribution is -2.45. The Hall–Kier alpha value is -1.06. The number of para-hydroxylation sites is 1. The second-order valence-electron chi connectivity index (χ2n) is 5.89. The van der Waals surface area contributed by atoms with Crippen LogP contribution in [-0.4, -0.2) is 30.6 Å². The van der Waals surface area contributed by atoms with Gasteiger partial charge in [0.1, 0.15) is 5.75 Å². The zero-order chi connectivity index (χ0) is 14.5. The van der Waals surface area contributed by atoms with E-state index in [2.05, 4.69) is 43.0 Å². The van der Waals surface area contributed by atoms with E-state index in [1.54, 1.807) is 0 Å². The van der Waals surface area contributed by atoms with Crippen LogP contribution in [0, 0.1) is 5.92 Å². The van der Waals surface area contributed by atoms with Crippen molar-refractivity contribution in [2.45, 2.75) is 45.7 Å². The number of rotatable bonds is 5. The number of nitrogens with zero attached hydrogens (tertiary/aromatic N) is 1. The van der Waals surface area contributed by atoms with Gasteiger partial charge >= 0.3 is 0 Å². The smallest absolute Gasteiger partial charge is 0.124 e. The SMILES string of the molecule is CCOc1ccccc1C1C(CN)CCCN1C(C)C. The standard InChI is InChI=1S/C17H28N2O/c1-4-20-16-10-6-5-9-15(16)17-14(12-18)8-7-11-19(17)13(2)3/h5-6,9-10,13-14,17H,4,7-8,11-12,18H2,1-3H3. The Labute approximate surface area is 123 Å². The van der Waals surface area contributed by atoms with E-state index in [-0.39, 0.29) is 0 Å². The first kappa shape index (κ1) is 15.3. The molecule has 3 heteroatoms. The zero-order valence-electron chi connectivity index (χ0n) is 13.0. The van der Waals surface area contributed by atoms with Crippen LogP contribution in [0.1, 0.15) is 45.2 Å². The molecule has 2 rings (SSSR count). The van der Waals surface area contributed by atoms with Crippen molar-refractivity contribution in [3.63, 3.8) is 0 Å². The van der Waals surface area contributed by atoms with Gasteiger partial charge in [-0.05, 0) is 58.7 Å². The molecule has 1 heterocycles. The molecule has 1 aliphatic heterocycles. The van der Waals surface area contributed by atoms with E-state index >= 15 is 0 Å². The maximum Gasteiger partial charge on any atom is 0.124 e. The summed E-state index contributed by atoms with van der Waals surface area (Å²) in [5.74, 6) is 1.54. The Morgan fingerprint density at radius 1 is 1.35 bits per heavy atom. The fourth-order valence-corrected chi connectivity index (χ4v) is 3.37. The molecule has 0 aliphatic carbocycles. The molecule has 0 saturated carbocycles. The highest BCUT2D eigenvalue weighted by Crippen LogP contribution is 2.40. The van der Waals surface area contributed by atoms with Gasteiger partial charge in [-0.15, -0.1) is 0 Å². The van der Waals surface area contributed by atoms with Crippen LogP contribution in [0.5, 0.6) is 5.75 Å². The molecule has 20 heavy (non-hydrogen) atoms. The minimum atomic E-state index is 0.386. The topological polar surface area (TPSA) is 38.5 Å². The summed E-state index contributed by atoms with van der Waals surface area (Å²) in [6.07, 6.45) is 2.46. The number of ether oxygens (including phenoxy) is 1. The van der Waals surface area contributed by atoms with Crippen LogP contribution in [0.3, 0.4) is 0 Å². The third kappa shape index (κ3) is 3.15. The molecule has 1 aliphatic rings. The van der Waals surface area contributed by atoms with Gasteiger partial charge in [-0.1, -0.05) is 18.2 Å².